The third-order valence-corrected chi connectivity index (χ3v) is 6.57. The second-order valence-electron chi connectivity index (χ2n) is 6.49. The first kappa shape index (κ1) is 17.0. The Bertz CT molecular complexity index is 849. The lowest BCUT2D eigenvalue weighted by Crippen LogP contribution is -2.15. The highest BCUT2D eigenvalue weighted by Gasteiger charge is 2.22. The summed E-state index contributed by atoms with van der Waals surface area (Å²) in [7, 11) is -1.84. The number of hydrogen-bond acceptors (Lipinski definition) is 3. The number of hydrogen-bond donors (Lipinski definition) is 0. The Morgan fingerprint density at radius 2 is 1.64 bits per heavy atom. The molecule has 2 rings (SSSR count). The molecule has 2 aromatic rings. The Labute approximate surface area is 136 Å². The first-order valence-electron chi connectivity index (χ1n) is 7.07. The van der Waals surface area contributed by atoms with E-state index in [0.29, 0.717) is 4.80 Å². The minimum atomic E-state index is -3.69. The summed E-state index contributed by atoms with van der Waals surface area (Å²) in [4.78, 5) is 1.87. The second-order valence-corrected chi connectivity index (χ2v) is 9.07. The van der Waals surface area contributed by atoms with Crippen LogP contribution in [0.2, 0.25) is 0 Å². The molecule has 6 heteroatoms. The number of benzene rings is 1. The molecule has 0 unspecified atom stereocenters. The van der Waals surface area contributed by atoms with Crippen LogP contribution in [0.4, 0.5) is 0 Å². The zero-order chi connectivity index (χ0) is 16.7. The lowest BCUT2D eigenvalue weighted by Gasteiger charge is -2.17. The lowest BCUT2D eigenvalue weighted by atomic mass is 9.93. The average Bonchev–Trinajstić information content (AvgIpc) is 2.67. The van der Waals surface area contributed by atoms with E-state index in [-0.39, 0.29) is 10.3 Å². The van der Waals surface area contributed by atoms with E-state index in [9.17, 15) is 8.42 Å². The molecule has 0 saturated carbocycles. The van der Waals surface area contributed by atoms with Crippen LogP contribution in [0.15, 0.2) is 33.6 Å². The molecule has 120 valence electrons. The quantitative estimate of drug-likeness (QED) is 0.844. The van der Waals surface area contributed by atoms with Gasteiger partial charge in [0, 0.05) is 17.6 Å². The standard InChI is InChI=1S/C16H22N2O2S2/c1-11-7-9-13(10-8-11)22(19,20)17-15-18(6)12(2)14(21-15)16(3,4)5/h7-10H,1-6H3/b17-15-. The van der Waals surface area contributed by atoms with E-state index < -0.39 is 10.0 Å². The summed E-state index contributed by atoms with van der Waals surface area (Å²) in [6.07, 6.45) is 0. The van der Waals surface area contributed by atoms with E-state index in [1.165, 1.54) is 11.3 Å². The number of aryl methyl sites for hydroxylation is 1. The van der Waals surface area contributed by atoms with Crippen molar-refractivity contribution in [3.63, 3.8) is 0 Å². The molecular weight excluding hydrogens is 316 g/mol. The van der Waals surface area contributed by atoms with Crippen LogP contribution in [-0.2, 0) is 22.5 Å². The fourth-order valence-corrected chi connectivity index (χ4v) is 4.58. The highest BCUT2D eigenvalue weighted by molar-refractivity contribution is 7.90. The summed E-state index contributed by atoms with van der Waals surface area (Å²) in [5.74, 6) is 0. The van der Waals surface area contributed by atoms with E-state index in [0.717, 1.165) is 16.1 Å². The Balaban J connectivity index is 2.61. The van der Waals surface area contributed by atoms with Gasteiger partial charge in [0.05, 0.1) is 4.90 Å². The Morgan fingerprint density at radius 1 is 1.09 bits per heavy atom. The van der Waals surface area contributed by atoms with Gasteiger partial charge in [-0.05, 0) is 31.4 Å². The predicted octanol–water partition coefficient (Wildman–Crippen LogP) is 3.29. The number of nitrogens with zero attached hydrogens (tertiary/aromatic N) is 2. The molecular formula is C16H22N2O2S2. The Kier molecular flexibility index (Phi) is 4.37. The van der Waals surface area contributed by atoms with Crippen molar-refractivity contribution in [2.24, 2.45) is 11.4 Å². The van der Waals surface area contributed by atoms with Gasteiger partial charge in [0.15, 0.2) is 0 Å². The van der Waals surface area contributed by atoms with Crippen molar-refractivity contribution in [3.8, 4) is 0 Å². The van der Waals surface area contributed by atoms with Crippen molar-refractivity contribution < 1.29 is 8.42 Å². The minimum Gasteiger partial charge on any atom is -0.323 e. The lowest BCUT2D eigenvalue weighted by molar-refractivity contribution is 0.592. The molecule has 0 N–H and O–H groups in total. The molecule has 0 bridgehead atoms. The fraction of sp³-hybridized carbons (Fsp3) is 0.438. The van der Waals surface area contributed by atoms with Crippen LogP contribution in [-0.4, -0.2) is 13.0 Å². The van der Waals surface area contributed by atoms with Crippen LogP contribution in [0.5, 0.6) is 0 Å². The second kappa shape index (κ2) is 5.66. The maximum atomic E-state index is 12.5. The molecule has 0 atom stereocenters. The average molecular weight is 338 g/mol. The SMILES string of the molecule is Cc1ccc(S(=O)(=O)/N=c2\sc(C(C)(C)C)c(C)n2C)cc1. The van der Waals surface area contributed by atoms with Gasteiger partial charge in [-0.3, -0.25) is 0 Å². The van der Waals surface area contributed by atoms with Gasteiger partial charge in [0.1, 0.15) is 0 Å². The highest BCUT2D eigenvalue weighted by Crippen LogP contribution is 2.28. The number of sulfonamides is 1. The maximum absolute atomic E-state index is 12.5. The van der Waals surface area contributed by atoms with Crippen molar-refractivity contribution in [1.82, 2.24) is 4.57 Å². The Morgan fingerprint density at radius 3 is 2.09 bits per heavy atom. The largest absolute Gasteiger partial charge is 0.323 e. The molecule has 1 aromatic heterocycles. The van der Waals surface area contributed by atoms with Crippen molar-refractivity contribution in [2.75, 3.05) is 0 Å². The molecule has 22 heavy (non-hydrogen) atoms. The van der Waals surface area contributed by atoms with Crippen LogP contribution in [0.3, 0.4) is 0 Å². The molecule has 0 spiro atoms. The smallest absolute Gasteiger partial charge is 0.285 e. The van der Waals surface area contributed by atoms with Crippen LogP contribution in [0.1, 0.15) is 36.9 Å². The molecule has 1 heterocycles. The molecule has 1 aromatic carbocycles. The zero-order valence-electron chi connectivity index (χ0n) is 13.8. The van der Waals surface area contributed by atoms with Crippen LogP contribution < -0.4 is 4.80 Å². The summed E-state index contributed by atoms with van der Waals surface area (Å²) in [6.45, 7) is 10.3. The van der Waals surface area contributed by atoms with Gasteiger partial charge in [0.25, 0.3) is 10.0 Å². The van der Waals surface area contributed by atoms with Gasteiger partial charge in [0.2, 0.25) is 4.80 Å². The minimum absolute atomic E-state index is 0.0338. The highest BCUT2D eigenvalue weighted by atomic mass is 32.2. The van der Waals surface area contributed by atoms with Crippen molar-refractivity contribution in [1.29, 1.82) is 0 Å². The molecule has 0 radical (unpaired) electrons. The summed E-state index contributed by atoms with van der Waals surface area (Å²) in [5, 5.41) is 0. The van der Waals surface area contributed by atoms with Gasteiger partial charge < -0.3 is 4.57 Å². The predicted molar refractivity (Wildman–Crippen MR) is 90.7 cm³/mol. The zero-order valence-corrected chi connectivity index (χ0v) is 15.5. The summed E-state index contributed by atoms with van der Waals surface area (Å²) >= 11 is 1.43. The van der Waals surface area contributed by atoms with Crippen LogP contribution >= 0.6 is 11.3 Å². The summed E-state index contributed by atoms with van der Waals surface area (Å²) in [6, 6.07) is 6.75. The third kappa shape index (κ3) is 3.33. The van der Waals surface area contributed by atoms with Gasteiger partial charge >= 0.3 is 0 Å². The number of rotatable bonds is 2. The van der Waals surface area contributed by atoms with E-state index in [4.69, 9.17) is 0 Å². The molecule has 0 amide bonds. The maximum Gasteiger partial charge on any atom is 0.285 e. The van der Waals surface area contributed by atoms with Gasteiger partial charge in [-0.1, -0.05) is 38.5 Å². The van der Waals surface area contributed by atoms with E-state index in [2.05, 4.69) is 25.2 Å². The molecule has 0 saturated heterocycles. The van der Waals surface area contributed by atoms with Gasteiger partial charge in [-0.2, -0.15) is 8.42 Å². The molecule has 0 fully saturated rings. The van der Waals surface area contributed by atoms with E-state index in [1.54, 1.807) is 24.3 Å². The fourth-order valence-electron chi connectivity index (χ4n) is 2.17. The molecule has 0 aliphatic rings. The first-order chi connectivity index (χ1) is 10.0. The summed E-state index contributed by atoms with van der Waals surface area (Å²) < 4.78 is 30.8. The number of aromatic nitrogens is 1. The first-order valence-corrected chi connectivity index (χ1v) is 9.32. The topological polar surface area (TPSA) is 51.4 Å². The molecule has 0 aliphatic carbocycles. The van der Waals surface area contributed by atoms with Crippen LogP contribution in [0, 0.1) is 13.8 Å². The van der Waals surface area contributed by atoms with Crippen molar-refractivity contribution >= 4 is 21.4 Å². The van der Waals surface area contributed by atoms with E-state index in [1.807, 2.05) is 25.5 Å². The third-order valence-electron chi connectivity index (χ3n) is 3.51. The Hall–Kier alpha value is -1.40. The van der Waals surface area contributed by atoms with Crippen molar-refractivity contribution in [3.05, 3.63) is 45.2 Å². The number of thiazole rings is 1. The molecule has 4 nitrogen and oxygen atoms in total. The van der Waals surface area contributed by atoms with Crippen molar-refractivity contribution in [2.45, 2.75) is 44.9 Å². The summed E-state index contributed by atoms with van der Waals surface area (Å²) in [5.41, 5.74) is 2.04. The molecule has 0 aliphatic heterocycles. The monoisotopic (exact) mass is 338 g/mol. The van der Waals surface area contributed by atoms with E-state index >= 15 is 0 Å². The van der Waals surface area contributed by atoms with Gasteiger partial charge in [-0.25, -0.2) is 0 Å². The van der Waals surface area contributed by atoms with Gasteiger partial charge in [-0.15, -0.1) is 15.7 Å². The van der Waals surface area contributed by atoms with Crippen LogP contribution in [0.25, 0.3) is 0 Å². The normalized spacial score (nSPS) is 13.6.